The zero-order valence-corrected chi connectivity index (χ0v) is 12.8. The highest BCUT2D eigenvalue weighted by Gasteiger charge is 2.44. The second kappa shape index (κ2) is 6.44. The fraction of sp³-hybridized carbons (Fsp3) is 0.562. The van der Waals surface area contributed by atoms with Crippen LogP contribution in [0.25, 0.3) is 0 Å². The first-order valence-corrected chi connectivity index (χ1v) is 7.72. The van der Waals surface area contributed by atoms with Gasteiger partial charge in [-0.05, 0) is 25.0 Å². The van der Waals surface area contributed by atoms with E-state index < -0.39 is 0 Å². The second-order valence-electron chi connectivity index (χ2n) is 5.78. The molecule has 2 saturated heterocycles. The van der Waals surface area contributed by atoms with Gasteiger partial charge in [0.2, 0.25) is 5.91 Å². The molecule has 0 aromatic carbocycles. The Labute approximate surface area is 130 Å². The molecule has 0 saturated carbocycles. The average Bonchev–Trinajstić information content (AvgIpc) is 2.98. The number of methoxy groups -OCH3 is 1. The smallest absolute Gasteiger partial charge is 0.254 e. The first-order valence-electron chi connectivity index (χ1n) is 7.72. The predicted molar refractivity (Wildman–Crippen MR) is 80.3 cm³/mol. The number of aromatic nitrogens is 1. The van der Waals surface area contributed by atoms with E-state index in [9.17, 15) is 9.59 Å². The predicted octanol–water partition coefficient (Wildman–Crippen LogP) is 0.933. The molecule has 2 atom stereocenters. The Morgan fingerprint density at radius 2 is 2.09 bits per heavy atom. The molecule has 2 fully saturated rings. The Morgan fingerprint density at radius 3 is 2.82 bits per heavy atom. The van der Waals surface area contributed by atoms with E-state index in [1.807, 2.05) is 9.80 Å². The van der Waals surface area contributed by atoms with Crippen molar-refractivity contribution in [1.82, 2.24) is 14.8 Å². The van der Waals surface area contributed by atoms with Gasteiger partial charge < -0.3 is 14.5 Å². The summed E-state index contributed by atoms with van der Waals surface area (Å²) in [6, 6.07) is 3.73. The average molecular weight is 303 g/mol. The van der Waals surface area contributed by atoms with Gasteiger partial charge in [-0.1, -0.05) is 0 Å². The topological polar surface area (TPSA) is 62.7 Å². The molecule has 0 bridgehead atoms. The molecule has 1 aromatic heterocycles. The molecule has 3 rings (SSSR count). The molecular formula is C16H21N3O3. The van der Waals surface area contributed by atoms with Gasteiger partial charge in [-0.2, -0.15) is 0 Å². The van der Waals surface area contributed by atoms with Gasteiger partial charge in [-0.15, -0.1) is 0 Å². The Bertz CT molecular complexity index is 549. The van der Waals surface area contributed by atoms with E-state index in [0.29, 0.717) is 31.7 Å². The van der Waals surface area contributed by atoms with Gasteiger partial charge in [0.1, 0.15) is 0 Å². The number of pyridine rings is 1. The second-order valence-corrected chi connectivity index (χ2v) is 5.78. The van der Waals surface area contributed by atoms with E-state index in [2.05, 4.69) is 4.98 Å². The number of rotatable bonds is 4. The van der Waals surface area contributed by atoms with Crippen molar-refractivity contribution in [3.05, 3.63) is 30.1 Å². The molecule has 0 spiro atoms. The minimum absolute atomic E-state index is 0.0379. The number of ether oxygens (including phenoxy) is 1. The maximum Gasteiger partial charge on any atom is 0.254 e. The Kier molecular flexibility index (Phi) is 4.38. The van der Waals surface area contributed by atoms with Gasteiger partial charge in [-0.3, -0.25) is 14.6 Å². The van der Waals surface area contributed by atoms with E-state index in [4.69, 9.17) is 4.74 Å². The van der Waals surface area contributed by atoms with Gasteiger partial charge in [-0.25, -0.2) is 0 Å². The number of nitrogens with zero attached hydrogens (tertiary/aromatic N) is 3. The first-order chi connectivity index (χ1) is 10.7. The van der Waals surface area contributed by atoms with Crippen molar-refractivity contribution in [1.29, 1.82) is 0 Å². The van der Waals surface area contributed by atoms with Crippen LogP contribution >= 0.6 is 0 Å². The first kappa shape index (κ1) is 15.0. The molecule has 0 N–H and O–H groups in total. The summed E-state index contributed by atoms with van der Waals surface area (Å²) in [6.45, 7) is 1.84. The maximum atomic E-state index is 12.7. The summed E-state index contributed by atoms with van der Waals surface area (Å²) >= 11 is 0. The third kappa shape index (κ3) is 2.70. The summed E-state index contributed by atoms with van der Waals surface area (Å²) in [7, 11) is 1.64. The van der Waals surface area contributed by atoms with Crippen molar-refractivity contribution >= 4 is 11.8 Å². The molecule has 0 unspecified atom stereocenters. The summed E-state index contributed by atoms with van der Waals surface area (Å²) in [6.07, 6.45) is 5.37. The van der Waals surface area contributed by atoms with Crippen molar-refractivity contribution < 1.29 is 14.3 Å². The van der Waals surface area contributed by atoms with Crippen LogP contribution in [-0.4, -0.2) is 65.5 Å². The van der Waals surface area contributed by atoms with E-state index in [-0.39, 0.29) is 23.9 Å². The minimum atomic E-state index is 0.0379. The van der Waals surface area contributed by atoms with Crippen LogP contribution in [0.15, 0.2) is 24.5 Å². The highest BCUT2D eigenvalue weighted by Crippen LogP contribution is 2.32. The molecular weight excluding hydrogens is 282 g/mol. The van der Waals surface area contributed by atoms with Crippen LogP contribution < -0.4 is 0 Å². The van der Waals surface area contributed by atoms with Crippen LogP contribution in [0.4, 0.5) is 0 Å². The largest absolute Gasteiger partial charge is 0.383 e. The lowest BCUT2D eigenvalue weighted by atomic mass is 9.96. The quantitative estimate of drug-likeness (QED) is 0.830. The van der Waals surface area contributed by atoms with Crippen LogP contribution in [0, 0.1) is 0 Å². The van der Waals surface area contributed by atoms with Gasteiger partial charge in [0.05, 0.1) is 18.7 Å². The lowest BCUT2D eigenvalue weighted by Crippen LogP contribution is -2.54. The van der Waals surface area contributed by atoms with Crippen LogP contribution in [0.2, 0.25) is 0 Å². The number of fused-ring (bicyclic) bond motifs is 1. The van der Waals surface area contributed by atoms with Crippen molar-refractivity contribution in [3.8, 4) is 0 Å². The number of likely N-dealkylation sites (tertiary alicyclic amines) is 2. The minimum Gasteiger partial charge on any atom is -0.383 e. The lowest BCUT2D eigenvalue weighted by molar-refractivity contribution is -0.138. The number of piperidine rings is 1. The standard InChI is InChI=1S/C16H21N3O3/c1-22-11-10-18-14-6-9-19(13(14)2-3-15(18)20)16(21)12-4-7-17-8-5-12/h4-5,7-8,13-14H,2-3,6,9-11H2,1H3/t13-,14-/m1/s1. The van der Waals surface area contributed by atoms with Crippen LogP contribution in [-0.2, 0) is 9.53 Å². The zero-order valence-electron chi connectivity index (χ0n) is 12.8. The molecule has 1 aromatic rings. The van der Waals surface area contributed by atoms with Gasteiger partial charge in [0, 0.05) is 44.6 Å². The fourth-order valence-corrected chi connectivity index (χ4v) is 3.54. The number of carbonyl (C=O) groups excluding carboxylic acids is 2. The van der Waals surface area contributed by atoms with Crippen LogP contribution in [0.3, 0.4) is 0 Å². The van der Waals surface area contributed by atoms with E-state index >= 15 is 0 Å². The normalized spacial score (nSPS) is 24.5. The van der Waals surface area contributed by atoms with Crippen LogP contribution in [0.1, 0.15) is 29.6 Å². The zero-order chi connectivity index (χ0) is 15.5. The summed E-state index contributed by atoms with van der Waals surface area (Å²) in [4.78, 5) is 32.6. The van der Waals surface area contributed by atoms with E-state index in [0.717, 1.165) is 12.8 Å². The summed E-state index contributed by atoms with van der Waals surface area (Å²) in [5.74, 6) is 0.215. The number of hydrogen-bond acceptors (Lipinski definition) is 4. The summed E-state index contributed by atoms with van der Waals surface area (Å²) in [5.41, 5.74) is 0.663. The third-order valence-electron chi connectivity index (χ3n) is 4.61. The Balaban J connectivity index is 1.75. The van der Waals surface area contributed by atoms with Crippen molar-refractivity contribution in [2.24, 2.45) is 0 Å². The molecule has 3 heterocycles. The van der Waals surface area contributed by atoms with Gasteiger partial charge >= 0.3 is 0 Å². The van der Waals surface area contributed by atoms with Gasteiger partial charge in [0.25, 0.3) is 5.91 Å². The molecule has 2 amide bonds. The van der Waals surface area contributed by atoms with Crippen molar-refractivity contribution in [3.63, 3.8) is 0 Å². The number of amides is 2. The van der Waals surface area contributed by atoms with Crippen LogP contribution in [0.5, 0.6) is 0 Å². The van der Waals surface area contributed by atoms with E-state index in [1.165, 1.54) is 0 Å². The molecule has 118 valence electrons. The highest BCUT2D eigenvalue weighted by molar-refractivity contribution is 5.94. The maximum absolute atomic E-state index is 12.7. The lowest BCUT2D eigenvalue weighted by Gasteiger charge is -2.39. The van der Waals surface area contributed by atoms with E-state index in [1.54, 1.807) is 31.6 Å². The third-order valence-corrected chi connectivity index (χ3v) is 4.61. The van der Waals surface area contributed by atoms with Crippen molar-refractivity contribution in [2.75, 3.05) is 26.8 Å². The Hall–Kier alpha value is -1.95. The molecule has 0 aliphatic carbocycles. The molecule has 22 heavy (non-hydrogen) atoms. The molecule has 2 aliphatic heterocycles. The molecule has 2 aliphatic rings. The number of hydrogen-bond donors (Lipinski definition) is 0. The summed E-state index contributed by atoms with van der Waals surface area (Å²) in [5, 5.41) is 0. The highest BCUT2D eigenvalue weighted by atomic mass is 16.5. The molecule has 6 nitrogen and oxygen atoms in total. The van der Waals surface area contributed by atoms with Crippen molar-refractivity contribution in [2.45, 2.75) is 31.3 Å². The SMILES string of the molecule is COCCN1C(=O)CC[C@@H]2[C@H]1CCN2C(=O)c1ccncc1. The molecule has 0 radical (unpaired) electrons. The molecule has 6 heteroatoms. The number of carbonyl (C=O) groups is 2. The Morgan fingerprint density at radius 1 is 1.32 bits per heavy atom. The summed E-state index contributed by atoms with van der Waals surface area (Å²) < 4.78 is 5.10. The monoisotopic (exact) mass is 303 g/mol. The fourth-order valence-electron chi connectivity index (χ4n) is 3.54. The van der Waals surface area contributed by atoms with Gasteiger partial charge in [0.15, 0.2) is 0 Å².